The highest BCUT2D eigenvalue weighted by Gasteiger charge is 2.26. The van der Waals surface area contributed by atoms with E-state index in [-0.39, 0.29) is 18.0 Å². The van der Waals surface area contributed by atoms with E-state index in [9.17, 15) is 13.6 Å². The Morgan fingerprint density at radius 1 is 1.14 bits per heavy atom. The molecule has 2 heterocycles. The van der Waals surface area contributed by atoms with Gasteiger partial charge in [-0.25, -0.2) is 14.5 Å². The highest BCUT2D eigenvalue weighted by Crippen LogP contribution is 2.31. The summed E-state index contributed by atoms with van der Waals surface area (Å²) >= 11 is 0. The van der Waals surface area contributed by atoms with Gasteiger partial charge in [-0.2, -0.15) is 8.78 Å². The van der Waals surface area contributed by atoms with Gasteiger partial charge in [0.1, 0.15) is 17.1 Å². The third-order valence-electron chi connectivity index (χ3n) is 5.92. The number of halogens is 2. The molecule has 1 saturated carbocycles. The second-order valence-electron chi connectivity index (χ2n) is 9.97. The van der Waals surface area contributed by atoms with E-state index in [4.69, 9.17) is 14.2 Å². The fourth-order valence-electron chi connectivity index (χ4n) is 4.25. The van der Waals surface area contributed by atoms with Crippen LogP contribution in [0.4, 0.5) is 13.6 Å². The maximum Gasteiger partial charge on any atom is 0.407 e. The van der Waals surface area contributed by atoms with Crippen LogP contribution in [0.3, 0.4) is 0 Å². The number of hydrogen-bond donors (Lipinski definition) is 1. The first kappa shape index (κ1) is 26.4. The lowest BCUT2D eigenvalue weighted by Gasteiger charge is -2.30. The van der Waals surface area contributed by atoms with Gasteiger partial charge < -0.3 is 24.3 Å². The molecule has 0 atom stereocenters. The first-order valence-corrected chi connectivity index (χ1v) is 12.2. The Morgan fingerprint density at radius 2 is 1.84 bits per heavy atom. The van der Waals surface area contributed by atoms with Crippen molar-refractivity contribution in [1.82, 2.24) is 20.1 Å². The van der Waals surface area contributed by atoms with Gasteiger partial charge in [-0.3, -0.25) is 0 Å². The number of carbonyl (C=O) groups is 1. The average Bonchev–Trinajstić information content (AvgIpc) is 3.15. The molecule has 0 spiro atoms. The van der Waals surface area contributed by atoms with Crippen LogP contribution < -0.4 is 19.5 Å². The van der Waals surface area contributed by atoms with Gasteiger partial charge in [0.2, 0.25) is 5.88 Å². The van der Waals surface area contributed by atoms with Gasteiger partial charge in [-0.15, -0.1) is 5.10 Å². The molecule has 0 saturated heterocycles. The Hall–Kier alpha value is -3.63. The topological polar surface area (TPSA) is 96.7 Å². The molecular formula is C26H32F2N4O5. The number of nitrogens with zero attached hydrogens (tertiary/aromatic N) is 3. The molecule has 1 aromatic carbocycles. The summed E-state index contributed by atoms with van der Waals surface area (Å²) in [6.45, 7) is 2.76. The smallest absolute Gasteiger partial charge is 0.407 e. The van der Waals surface area contributed by atoms with Crippen LogP contribution in [0.2, 0.25) is 0 Å². The number of carbonyl (C=O) groups excluding carboxylic acids is 1. The van der Waals surface area contributed by atoms with Gasteiger partial charge in [-0.1, -0.05) is 12.1 Å². The summed E-state index contributed by atoms with van der Waals surface area (Å²) in [4.78, 5) is 16.5. The molecule has 0 bridgehead atoms. The number of alkyl carbamates (subject to hydrolysis) is 1. The molecule has 1 fully saturated rings. The summed E-state index contributed by atoms with van der Waals surface area (Å²) in [5.41, 5.74) is 0.752. The van der Waals surface area contributed by atoms with Crippen LogP contribution >= 0.6 is 0 Å². The first-order chi connectivity index (χ1) is 17.6. The molecule has 1 N–H and O–H groups in total. The monoisotopic (exact) mass is 518 g/mol. The third-order valence-corrected chi connectivity index (χ3v) is 5.92. The molecule has 3 aromatic rings. The Labute approximate surface area is 214 Å². The number of hydrogen-bond acceptors (Lipinski definition) is 7. The SMILES string of the molecule is COc1ccc(Cn2nc(OC(F)F)c3cc(O[C@H]4CC[C@H](NC(=O)OC(C)(C)C)CC4)cnc32)cc1. The standard InChI is InChI=1S/C26H32F2N4O5/c1-26(2,3)37-25(33)30-17-7-11-19(12-8-17)35-20-13-21-22(29-14-20)32(31-23(21)36-24(27)28)15-16-5-9-18(34-4)10-6-16/h5-6,9-10,13-14,17,19,24H,7-8,11-12,15H2,1-4H3,(H,30,33)/t17-,19-. The van der Waals surface area contributed by atoms with Crippen LogP contribution in [0.15, 0.2) is 36.5 Å². The molecule has 200 valence electrons. The van der Waals surface area contributed by atoms with Crippen molar-refractivity contribution < 1.29 is 32.5 Å². The van der Waals surface area contributed by atoms with Crippen molar-refractivity contribution in [2.45, 2.75) is 77.4 Å². The summed E-state index contributed by atoms with van der Waals surface area (Å²) in [5.74, 6) is 0.950. The van der Waals surface area contributed by atoms with Crippen molar-refractivity contribution >= 4 is 17.1 Å². The van der Waals surface area contributed by atoms with Crippen molar-refractivity contribution in [3.05, 3.63) is 42.1 Å². The maximum absolute atomic E-state index is 13.1. The lowest BCUT2D eigenvalue weighted by Crippen LogP contribution is -2.42. The van der Waals surface area contributed by atoms with E-state index in [0.717, 1.165) is 31.2 Å². The zero-order chi connectivity index (χ0) is 26.6. The predicted molar refractivity (Wildman–Crippen MR) is 132 cm³/mol. The number of amides is 1. The fraction of sp³-hybridized carbons (Fsp3) is 0.500. The highest BCUT2D eigenvalue weighted by atomic mass is 19.3. The van der Waals surface area contributed by atoms with Crippen LogP contribution in [0.25, 0.3) is 11.0 Å². The number of methoxy groups -OCH3 is 1. The second-order valence-corrected chi connectivity index (χ2v) is 9.97. The molecular weight excluding hydrogens is 486 g/mol. The summed E-state index contributed by atoms with van der Waals surface area (Å²) in [5, 5.41) is 7.47. The molecule has 1 aliphatic rings. The molecule has 4 rings (SSSR count). The molecule has 11 heteroatoms. The highest BCUT2D eigenvalue weighted by molar-refractivity contribution is 5.82. The van der Waals surface area contributed by atoms with E-state index in [1.807, 2.05) is 45.0 Å². The number of aromatic nitrogens is 3. The zero-order valence-corrected chi connectivity index (χ0v) is 21.4. The largest absolute Gasteiger partial charge is 0.497 e. The Balaban J connectivity index is 1.43. The second kappa shape index (κ2) is 11.2. The summed E-state index contributed by atoms with van der Waals surface area (Å²) in [6.07, 6.45) is 3.95. The lowest BCUT2D eigenvalue weighted by molar-refractivity contribution is -0.0522. The van der Waals surface area contributed by atoms with Crippen LogP contribution in [-0.2, 0) is 11.3 Å². The van der Waals surface area contributed by atoms with E-state index in [1.54, 1.807) is 19.4 Å². The van der Waals surface area contributed by atoms with E-state index in [0.29, 0.717) is 29.1 Å². The number of pyridine rings is 1. The number of fused-ring (bicyclic) bond motifs is 1. The van der Waals surface area contributed by atoms with Gasteiger partial charge in [0.25, 0.3) is 0 Å². The molecule has 1 amide bonds. The molecule has 0 radical (unpaired) electrons. The lowest BCUT2D eigenvalue weighted by atomic mass is 9.93. The van der Waals surface area contributed by atoms with Crippen LogP contribution in [0.5, 0.6) is 17.4 Å². The van der Waals surface area contributed by atoms with Crippen molar-refractivity contribution in [1.29, 1.82) is 0 Å². The van der Waals surface area contributed by atoms with Gasteiger partial charge in [-0.05, 0) is 70.2 Å². The van der Waals surface area contributed by atoms with Crippen molar-refractivity contribution in [3.8, 4) is 17.4 Å². The normalized spacial score (nSPS) is 18.0. The zero-order valence-electron chi connectivity index (χ0n) is 21.4. The number of benzene rings is 1. The van der Waals surface area contributed by atoms with Gasteiger partial charge in [0, 0.05) is 6.04 Å². The molecule has 2 aromatic heterocycles. The molecule has 9 nitrogen and oxygen atoms in total. The van der Waals surface area contributed by atoms with Crippen LogP contribution in [0, 0.1) is 0 Å². The maximum atomic E-state index is 13.1. The van der Waals surface area contributed by atoms with E-state index in [1.165, 1.54) is 4.68 Å². The molecule has 0 unspecified atom stereocenters. The minimum Gasteiger partial charge on any atom is -0.497 e. The molecule has 37 heavy (non-hydrogen) atoms. The van der Waals surface area contributed by atoms with Gasteiger partial charge in [0.15, 0.2) is 5.65 Å². The van der Waals surface area contributed by atoms with E-state index < -0.39 is 18.3 Å². The van der Waals surface area contributed by atoms with Crippen LogP contribution in [0.1, 0.15) is 52.0 Å². The number of nitrogens with one attached hydrogen (secondary N) is 1. The quantitative estimate of drug-likeness (QED) is 0.432. The predicted octanol–water partition coefficient (Wildman–Crippen LogP) is 5.30. The minimum absolute atomic E-state index is 0.0116. The molecule has 1 aliphatic carbocycles. The first-order valence-electron chi connectivity index (χ1n) is 12.2. The van der Waals surface area contributed by atoms with Crippen molar-refractivity contribution in [2.24, 2.45) is 0 Å². The number of alkyl halides is 2. The molecule has 0 aliphatic heterocycles. The van der Waals surface area contributed by atoms with E-state index >= 15 is 0 Å². The summed E-state index contributed by atoms with van der Waals surface area (Å²) in [6, 6.07) is 9.00. The average molecular weight is 519 g/mol. The Kier molecular flexibility index (Phi) is 7.99. The Bertz CT molecular complexity index is 1200. The number of ether oxygens (including phenoxy) is 4. The van der Waals surface area contributed by atoms with Crippen molar-refractivity contribution in [2.75, 3.05) is 7.11 Å². The van der Waals surface area contributed by atoms with Gasteiger partial charge >= 0.3 is 12.7 Å². The number of rotatable bonds is 8. The van der Waals surface area contributed by atoms with Crippen molar-refractivity contribution in [3.63, 3.8) is 0 Å². The van der Waals surface area contributed by atoms with E-state index in [2.05, 4.69) is 20.1 Å². The summed E-state index contributed by atoms with van der Waals surface area (Å²) in [7, 11) is 1.58. The van der Waals surface area contributed by atoms with Crippen LogP contribution in [-0.4, -0.2) is 52.3 Å². The summed E-state index contributed by atoms with van der Waals surface area (Å²) < 4.78 is 49.0. The van der Waals surface area contributed by atoms with Gasteiger partial charge in [0.05, 0.1) is 31.3 Å². The Morgan fingerprint density at radius 3 is 2.46 bits per heavy atom. The fourth-order valence-corrected chi connectivity index (χ4v) is 4.25. The third kappa shape index (κ3) is 7.21. The minimum atomic E-state index is -3.02.